The van der Waals surface area contributed by atoms with Crippen molar-refractivity contribution in [2.75, 3.05) is 6.54 Å². The van der Waals surface area contributed by atoms with Crippen LogP contribution in [-0.2, 0) is 14.4 Å². The Balaban J connectivity index is 2.13. The number of rotatable bonds is 6. The first-order valence-corrected chi connectivity index (χ1v) is 5.91. The normalized spacial score (nSPS) is 15.1. The second kappa shape index (κ2) is 5.99. The third-order valence-electron chi connectivity index (χ3n) is 2.16. The minimum absolute atomic E-state index is 0.155. The largest absolute Gasteiger partial charge is 0.288 e. The molecule has 0 radical (unpaired) electrons. The minimum atomic E-state index is -0.232. The summed E-state index contributed by atoms with van der Waals surface area (Å²) in [5, 5.41) is 0. The van der Waals surface area contributed by atoms with Crippen molar-refractivity contribution in [1.29, 1.82) is 0 Å². The minimum Gasteiger partial charge on any atom is -0.288 e. The van der Waals surface area contributed by atoms with Crippen LogP contribution in [-0.4, -0.2) is 27.0 Å². The van der Waals surface area contributed by atoms with E-state index in [0.717, 1.165) is 19.3 Å². The molecule has 82 valence electrons. The van der Waals surface area contributed by atoms with E-state index in [-0.39, 0.29) is 15.6 Å². The van der Waals surface area contributed by atoms with Gasteiger partial charge in [-0.15, -0.1) is 0 Å². The van der Waals surface area contributed by atoms with E-state index in [4.69, 9.17) is 0 Å². The van der Waals surface area contributed by atoms with Gasteiger partial charge in [-0.3, -0.25) is 19.3 Å². The van der Waals surface area contributed by atoms with Crippen LogP contribution in [0.4, 0.5) is 0 Å². The highest BCUT2D eigenvalue weighted by atomic mass is 127. The predicted octanol–water partition coefficient (Wildman–Crippen LogP) is 1.43. The van der Waals surface area contributed by atoms with Crippen LogP contribution in [0.15, 0.2) is 12.2 Å². The molecule has 1 aliphatic heterocycles. The van der Waals surface area contributed by atoms with Gasteiger partial charge in [0.1, 0.15) is 0 Å². The maximum Gasteiger partial charge on any atom is 0.253 e. The summed E-state index contributed by atoms with van der Waals surface area (Å²) in [6.45, 7) is 0.458. The van der Waals surface area contributed by atoms with Gasteiger partial charge in [-0.05, 0) is 35.4 Å². The van der Waals surface area contributed by atoms with E-state index in [9.17, 15) is 14.4 Å². The summed E-state index contributed by atoms with van der Waals surface area (Å²) in [7, 11) is 0. The number of nitrogens with zero attached hydrogens (tertiary/aromatic N) is 1. The van der Waals surface area contributed by atoms with E-state index in [0.29, 0.717) is 13.0 Å². The molecule has 0 saturated heterocycles. The van der Waals surface area contributed by atoms with Gasteiger partial charge in [-0.1, -0.05) is 6.42 Å². The van der Waals surface area contributed by atoms with E-state index in [1.54, 1.807) is 22.6 Å². The lowest BCUT2D eigenvalue weighted by Gasteiger charge is -2.12. The van der Waals surface area contributed by atoms with Gasteiger partial charge in [0.15, 0.2) is 3.79 Å². The van der Waals surface area contributed by atoms with Gasteiger partial charge in [0, 0.05) is 25.1 Å². The maximum absolute atomic E-state index is 11.1. The smallest absolute Gasteiger partial charge is 0.253 e. The molecular weight excluding hydrogens is 309 g/mol. The van der Waals surface area contributed by atoms with Gasteiger partial charge >= 0.3 is 0 Å². The topological polar surface area (TPSA) is 54.5 Å². The van der Waals surface area contributed by atoms with Gasteiger partial charge < -0.3 is 0 Å². The molecule has 0 aliphatic carbocycles. The third kappa shape index (κ3) is 4.11. The van der Waals surface area contributed by atoms with Crippen LogP contribution < -0.4 is 0 Å². The van der Waals surface area contributed by atoms with Crippen LogP contribution in [0.1, 0.15) is 25.7 Å². The zero-order valence-electron chi connectivity index (χ0n) is 8.24. The molecule has 2 amide bonds. The highest BCUT2D eigenvalue weighted by Gasteiger charge is 2.21. The molecule has 0 spiro atoms. The van der Waals surface area contributed by atoms with E-state index in [2.05, 4.69) is 0 Å². The fourth-order valence-electron chi connectivity index (χ4n) is 1.36. The molecule has 4 nitrogen and oxygen atoms in total. The molecule has 0 bridgehead atoms. The molecule has 1 heterocycles. The zero-order chi connectivity index (χ0) is 11.3. The Hall–Kier alpha value is -0.720. The van der Waals surface area contributed by atoms with Crippen molar-refractivity contribution < 1.29 is 14.4 Å². The molecule has 0 aromatic carbocycles. The Labute approximate surface area is 102 Å². The molecule has 0 unspecified atom stereocenters. The monoisotopic (exact) mass is 321 g/mol. The van der Waals surface area contributed by atoms with Gasteiger partial charge in [-0.2, -0.15) is 0 Å². The highest BCUT2D eigenvalue weighted by molar-refractivity contribution is 14.1. The summed E-state index contributed by atoms with van der Waals surface area (Å²) in [5.41, 5.74) is 0. The van der Waals surface area contributed by atoms with Crippen molar-refractivity contribution in [3.63, 3.8) is 0 Å². The van der Waals surface area contributed by atoms with Gasteiger partial charge in [0.05, 0.1) is 0 Å². The summed E-state index contributed by atoms with van der Waals surface area (Å²) < 4.78 is 0.155. The first-order valence-electron chi connectivity index (χ1n) is 4.83. The predicted molar refractivity (Wildman–Crippen MR) is 63.4 cm³/mol. The van der Waals surface area contributed by atoms with Crippen LogP contribution in [0.3, 0.4) is 0 Å². The molecule has 1 aliphatic rings. The van der Waals surface area contributed by atoms with Crippen molar-refractivity contribution in [1.82, 2.24) is 4.90 Å². The molecule has 15 heavy (non-hydrogen) atoms. The molecule has 1 rings (SSSR count). The van der Waals surface area contributed by atoms with Crippen molar-refractivity contribution >= 4 is 38.2 Å². The first kappa shape index (κ1) is 12.4. The Morgan fingerprint density at radius 1 is 1.13 bits per heavy atom. The van der Waals surface area contributed by atoms with Crippen LogP contribution >= 0.6 is 22.6 Å². The number of unbranched alkanes of at least 4 members (excludes halogenated alkanes) is 2. The Morgan fingerprint density at radius 3 is 2.27 bits per heavy atom. The number of amides is 2. The number of halogens is 1. The second-order valence-electron chi connectivity index (χ2n) is 3.33. The third-order valence-corrected chi connectivity index (χ3v) is 2.69. The molecule has 0 N–H and O–H groups in total. The quantitative estimate of drug-likeness (QED) is 0.322. The van der Waals surface area contributed by atoms with Crippen molar-refractivity contribution in [2.24, 2.45) is 0 Å². The maximum atomic E-state index is 11.1. The zero-order valence-corrected chi connectivity index (χ0v) is 10.4. The lowest BCUT2D eigenvalue weighted by molar-refractivity contribution is -0.136. The molecule has 0 fully saturated rings. The standard InChI is InChI=1S/C10H12INO3/c11-8(13)4-2-1-3-7-12-9(14)5-6-10(12)15/h5-6H,1-4,7H2. The molecule has 0 aromatic rings. The average molecular weight is 321 g/mol. The summed E-state index contributed by atoms with van der Waals surface area (Å²) in [4.78, 5) is 34.1. The number of hydrogen-bond acceptors (Lipinski definition) is 3. The van der Waals surface area contributed by atoms with Crippen molar-refractivity contribution in [3.8, 4) is 0 Å². The number of imide groups is 1. The lowest BCUT2D eigenvalue weighted by atomic mass is 10.2. The molecule has 0 aromatic heterocycles. The van der Waals surface area contributed by atoms with Crippen molar-refractivity contribution in [2.45, 2.75) is 25.7 Å². The lowest BCUT2D eigenvalue weighted by Crippen LogP contribution is -2.30. The number of hydrogen-bond donors (Lipinski definition) is 0. The molecular formula is C10H12INO3. The number of carbonyl (C=O) groups excluding carboxylic acids is 3. The van der Waals surface area contributed by atoms with Crippen molar-refractivity contribution in [3.05, 3.63) is 12.2 Å². The van der Waals surface area contributed by atoms with E-state index in [1.165, 1.54) is 17.1 Å². The van der Waals surface area contributed by atoms with Crippen LogP contribution in [0.5, 0.6) is 0 Å². The van der Waals surface area contributed by atoms with Crippen LogP contribution in [0, 0.1) is 0 Å². The van der Waals surface area contributed by atoms with E-state index in [1.807, 2.05) is 0 Å². The first-order chi connectivity index (χ1) is 7.11. The molecule has 0 saturated carbocycles. The molecule has 5 heteroatoms. The summed E-state index contributed by atoms with van der Waals surface area (Å²) in [5.74, 6) is -0.463. The van der Waals surface area contributed by atoms with E-state index < -0.39 is 0 Å². The number of carbonyl (C=O) groups is 3. The Kier molecular flexibility index (Phi) is 4.93. The van der Waals surface area contributed by atoms with E-state index >= 15 is 0 Å². The summed E-state index contributed by atoms with van der Waals surface area (Å²) in [6, 6.07) is 0. The van der Waals surface area contributed by atoms with Crippen LogP contribution in [0.25, 0.3) is 0 Å². The summed E-state index contributed by atoms with van der Waals surface area (Å²) >= 11 is 1.77. The highest BCUT2D eigenvalue weighted by Crippen LogP contribution is 2.08. The van der Waals surface area contributed by atoms with Crippen LogP contribution in [0.2, 0.25) is 0 Å². The summed E-state index contributed by atoms with van der Waals surface area (Å²) in [6.07, 6.45) is 5.61. The van der Waals surface area contributed by atoms with Gasteiger partial charge in [0.25, 0.3) is 11.8 Å². The Bertz CT molecular complexity index is 294. The van der Waals surface area contributed by atoms with Gasteiger partial charge in [0.2, 0.25) is 0 Å². The SMILES string of the molecule is O=C(I)CCCCCN1C(=O)C=CC1=O. The fourth-order valence-corrected chi connectivity index (χ4v) is 1.74. The molecule has 0 atom stereocenters. The van der Waals surface area contributed by atoms with Gasteiger partial charge in [-0.25, -0.2) is 0 Å². The second-order valence-corrected chi connectivity index (χ2v) is 4.53. The Morgan fingerprint density at radius 2 is 1.73 bits per heavy atom. The average Bonchev–Trinajstić information content (AvgIpc) is 2.47. The fraction of sp³-hybridized carbons (Fsp3) is 0.500.